The van der Waals surface area contributed by atoms with E-state index < -0.39 is 20.0 Å². The van der Waals surface area contributed by atoms with Crippen LogP contribution in [-0.2, 0) is 24.8 Å². The first-order valence-corrected chi connectivity index (χ1v) is 14.9. The smallest absolute Gasteiger partial charge is 0.261 e. The van der Waals surface area contributed by atoms with E-state index in [1.807, 2.05) is 0 Å². The zero-order valence-electron chi connectivity index (χ0n) is 20.4. The van der Waals surface area contributed by atoms with Gasteiger partial charge in [0.25, 0.3) is 20.0 Å². The standard InChI is InChI=1S/C14H13ClN2O3S.C12H11ClN2O2S/c1-10(18)16-14-9-11(7-8-13(14)15)17-21(19,20)12-5-3-2-4-6-12;13-11-7-6-9(8-12(11)14)15-18(16,17)10-4-2-1-3-5-10/h2-9,17H,1H3,(H,16,18);1-8,15H,14H2. The van der Waals surface area contributed by atoms with Crippen molar-refractivity contribution in [1.82, 2.24) is 0 Å². The number of nitrogens with one attached hydrogen (secondary N) is 3. The van der Waals surface area contributed by atoms with Crippen LogP contribution in [0.3, 0.4) is 0 Å². The zero-order chi connectivity index (χ0) is 28.6. The Bertz CT molecular complexity index is 1670. The molecule has 0 saturated heterocycles. The lowest BCUT2D eigenvalue weighted by Gasteiger charge is -2.11. The Balaban J connectivity index is 0.000000218. The van der Waals surface area contributed by atoms with Crippen LogP contribution in [0.2, 0.25) is 10.0 Å². The average Bonchev–Trinajstić information content (AvgIpc) is 2.89. The fourth-order valence-electron chi connectivity index (χ4n) is 3.11. The van der Waals surface area contributed by atoms with Gasteiger partial charge in [0.05, 0.1) is 42.6 Å². The lowest BCUT2D eigenvalue weighted by atomic mass is 10.3. The summed E-state index contributed by atoms with van der Waals surface area (Å²) in [5.41, 5.74) is 6.97. The van der Waals surface area contributed by atoms with Crippen LogP contribution in [0.15, 0.2) is 107 Å². The second kappa shape index (κ2) is 12.9. The molecule has 0 unspecified atom stereocenters. The number of rotatable bonds is 7. The Hall–Kier alpha value is -3.77. The Morgan fingerprint density at radius 1 is 0.667 bits per heavy atom. The lowest BCUT2D eigenvalue weighted by Crippen LogP contribution is -2.13. The average molecular weight is 608 g/mol. The third kappa shape index (κ3) is 8.62. The van der Waals surface area contributed by atoms with Crippen molar-refractivity contribution in [3.63, 3.8) is 0 Å². The Morgan fingerprint density at radius 2 is 1.10 bits per heavy atom. The number of carbonyl (C=O) groups excluding carboxylic acids is 1. The van der Waals surface area contributed by atoms with E-state index in [1.165, 1.54) is 55.5 Å². The largest absolute Gasteiger partial charge is 0.397 e. The quantitative estimate of drug-likeness (QED) is 0.195. The second-order valence-corrected chi connectivity index (χ2v) is 12.1. The molecule has 0 saturated carbocycles. The molecular weight excluding hydrogens is 583 g/mol. The summed E-state index contributed by atoms with van der Waals surface area (Å²) in [4.78, 5) is 11.4. The van der Waals surface area contributed by atoms with Gasteiger partial charge in [-0.15, -0.1) is 0 Å². The van der Waals surface area contributed by atoms with Crippen LogP contribution in [0, 0.1) is 0 Å². The van der Waals surface area contributed by atoms with Crippen LogP contribution in [0.1, 0.15) is 6.92 Å². The van der Waals surface area contributed by atoms with E-state index in [2.05, 4.69) is 14.8 Å². The van der Waals surface area contributed by atoms with Gasteiger partial charge in [0.15, 0.2) is 0 Å². The highest BCUT2D eigenvalue weighted by molar-refractivity contribution is 7.93. The van der Waals surface area contributed by atoms with Gasteiger partial charge in [0.1, 0.15) is 0 Å². The summed E-state index contributed by atoms with van der Waals surface area (Å²) in [5.74, 6) is -0.292. The molecule has 9 nitrogen and oxygen atoms in total. The summed E-state index contributed by atoms with van der Waals surface area (Å²) in [6, 6.07) is 25.2. The first-order valence-electron chi connectivity index (χ1n) is 11.2. The van der Waals surface area contributed by atoms with Crippen molar-refractivity contribution in [2.45, 2.75) is 16.7 Å². The predicted octanol–water partition coefficient (Wildman–Crippen LogP) is 5.82. The molecule has 0 spiro atoms. The van der Waals surface area contributed by atoms with Gasteiger partial charge in [-0.2, -0.15) is 0 Å². The van der Waals surface area contributed by atoms with Crippen LogP contribution in [0.4, 0.5) is 22.7 Å². The molecule has 4 aromatic rings. The topological polar surface area (TPSA) is 147 Å². The molecule has 4 rings (SSSR count). The van der Waals surface area contributed by atoms with Crippen molar-refractivity contribution >= 4 is 71.9 Å². The van der Waals surface area contributed by atoms with Crippen molar-refractivity contribution in [2.75, 3.05) is 20.5 Å². The summed E-state index contributed by atoms with van der Waals surface area (Å²) in [5, 5.41) is 3.25. The van der Waals surface area contributed by atoms with Gasteiger partial charge in [-0.05, 0) is 60.7 Å². The molecule has 0 aliphatic heterocycles. The molecule has 13 heteroatoms. The third-order valence-electron chi connectivity index (χ3n) is 4.88. The summed E-state index contributed by atoms with van der Waals surface area (Å²) in [6.07, 6.45) is 0. The number of sulfonamides is 2. The number of anilines is 4. The molecule has 0 fully saturated rings. The number of benzene rings is 4. The van der Waals surface area contributed by atoms with Gasteiger partial charge in [-0.3, -0.25) is 14.2 Å². The summed E-state index contributed by atoms with van der Waals surface area (Å²) < 4.78 is 53.3. The molecule has 0 heterocycles. The van der Waals surface area contributed by atoms with E-state index in [1.54, 1.807) is 48.5 Å². The van der Waals surface area contributed by atoms with Crippen LogP contribution in [0.5, 0.6) is 0 Å². The number of nitrogens with two attached hydrogens (primary N) is 1. The highest BCUT2D eigenvalue weighted by Gasteiger charge is 2.15. The Kier molecular flexibility index (Phi) is 9.81. The minimum absolute atomic E-state index is 0.154. The summed E-state index contributed by atoms with van der Waals surface area (Å²) >= 11 is 11.7. The number of carbonyl (C=O) groups is 1. The molecule has 39 heavy (non-hydrogen) atoms. The number of amides is 1. The fourth-order valence-corrected chi connectivity index (χ4v) is 5.53. The van der Waals surface area contributed by atoms with E-state index in [0.717, 1.165) is 0 Å². The van der Waals surface area contributed by atoms with Gasteiger partial charge in [-0.1, -0.05) is 59.6 Å². The highest BCUT2D eigenvalue weighted by Crippen LogP contribution is 2.27. The van der Waals surface area contributed by atoms with Gasteiger partial charge >= 0.3 is 0 Å². The maximum absolute atomic E-state index is 12.2. The maximum Gasteiger partial charge on any atom is 0.261 e. The highest BCUT2D eigenvalue weighted by atomic mass is 35.5. The van der Waals surface area contributed by atoms with E-state index in [-0.39, 0.29) is 15.7 Å². The molecule has 204 valence electrons. The molecule has 5 N–H and O–H groups in total. The predicted molar refractivity (Wildman–Crippen MR) is 156 cm³/mol. The summed E-state index contributed by atoms with van der Waals surface area (Å²) in [6.45, 7) is 1.34. The number of halogens is 2. The van der Waals surface area contributed by atoms with Crippen molar-refractivity contribution in [1.29, 1.82) is 0 Å². The molecular formula is C26H24Cl2N4O5S2. The Labute approximate surface area is 237 Å². The molecule has 0 atom stereocenters. The molecule has 0 radical (unpaired) electrons. The Morgan fingerprint density at radius 3 is 1.54 bits per heavy atom. The van der Waals surface area contributed by atoms with E-state index in [0.29, 0.717) is 32.8 Å². The normalized spacial score (nSPS) is 11.1. The van der Waals surface area contributed by atoms with Gasteiger partial charge in [-0.25, -0.2) is 16.8 Å². The fraction of sp³-hybridized carbons (Fsp3) is 0.0385. The molecule has 0 aliphatic carbocycles. The van der Waals surface area contributed by atoms with Gasteiger partial charge in [0.2, 0.25) is 5.91 Å². The van der Waals surface area contributed by atoms with Crippen LogP contribution in [-0.4, -0.2) is 22.7 Å². The lowest BCUT2D eigenvalue weighted by molar-refractivity contribution is -0.114. The zero-order valence-corrected chi connectivity index (χ0v) is 23.6. The number of nitrogen functional groups attached to an aromatic ring is 1. The minimum atomic E-state index is -3.68. The SMILES string of the molecule is CC(=O)Nc1cc(NS(=O)(=O)c2ccccc2)ccc1Cl.Nc1cc(NS(=O)(=O)c2ccccc2)ccc1Cl. The minimum Gasteiger partial charge on any atom is -0.397 e. The number of hydrogen-bond donors (Lipinski definition) is 4. The van der Waals surface area contributed by atoms with Crippen molar-refractivity contribution in [3.05, 3.63) is 107 Å². The third-order valence-corrected chi connectivity index (χ3v) is 8.35. The number of hydrogen-bond acceptors (Lipinski definition) is 6. The second-order valence-electron chi connectivity index (χ2n) is 7.95. The van der Waals surface area contributed by atoms with Crippen LogP contribution in [0.25, 0.3) is 0 Å². The first kappa shape index (κ1) is 29.8. The van der Waals surface area contributed by atoms with E-state index >= 15 is 0 Å². The summed E-state index contributed by atoms with van der Waals surface area (Å²) in [7, 11) is -7.27. The maximum atomic E-state index is 12.2. The van der Waals surface area contributed by atoms with E-state index in [9.17, 15) is 21.6 Å². The van der Waals surface area contributed by atoms with Crippen LogP contribution >= 0.6 is 23.2 Å². The van der Waals surface area contributed by atoms with Crippen molar-refractivity contribution in [2.24, 2.45) is 0 Å². The van der Waals surface area contributed by atoms with Crippen molar-refractivity contribution < 1.29 is 21.6 Å². The molecule has 4 aromatic carbocycles. The van der Waals surface area contributed by atoms with Gasteiger partial charge in [0, 0.05) is 6.92 Å². The molecule has 1 amide bonds. The monoisotopic (exact) mass is 606 g/mol. The van der Waals surface area contributed by atoms with E-state index in [4.69, 9.17) is 28.9 Å². The first-order chi connectivity index (χ1) is 18.4. The molecule has 0 aliphatic rings. The van der Waals surface area contributed by atoms with Crippen LogP contribution < -0.4 is 20.5 Å². The van der Waals surface area contributed by atoms with Gasteiger partial charge < -0.3 is 11.1 Å². The van der Waals surface area contributed by atoms with Crippen molar-refractivity contribution in [3.8, 4) is 0 Å². The molecule has 0 bridgehead atoms. The molecule has 0 aromatic heterocycles.